The van der Waals surface area contributed by atoms with Gasteiger partial charge in [0.2, 0.25) is 0 Å². The van der Waals surface area contributed by atoms with E-state index in [4.69, 9.17) is 4.74 Å². The van der Waals surface area contributed by atoms with Crippen molar-refractivity contribution in [2.24, 2.45) is 0 Å². The Morgan fingerprint density at radius 3 is 2.80 bits per heavy atom. The average molecular weight is 215 g/mol. The van der Waals surface area contributed by atoms with Gasteiger partial charge < -0.3 is 20.3 Å². The summed E-state index contributed by atoms with van der Waals surface area (Å²) in [6, 6.07) is 0.156. The molecular weight excluding hydrogens is 194 g/mol. The van der Waals surface area contributed by atoms with Crippen molar-refractivity contribution in [3.63, 3.8) is 0 Å². The number of ether oxygens (including phenoxy) is 1. The lowest BCUT2D eigenvalue weighted by Gasteiger charge is -2.31. The van der Waals surface area contributed by atoms with E-state index in [0.29, 0.717) is 26.2 Å². The maximum atomic E-state index is 10.0. The average Bonchev–Trinajstić information content (AvgIpc) is 2.65. The van der Waals surface area contributed by atoms with Gasteiger partial charge in [-0.2, -0.15) is 0 Å². The second-order valence-corrected chi connectivity index (χ2v) is 4.87. The molecule has 0 amide bonds. The number of aliphatic hydroxyl groups is 2. The standard InChI is InChI=1S/C11H21NO3/c13-10-4-2-1-3-9(10)12-7-11(14)5-6-15-8-11/h9-10,12-14H,1-8H2. The Morgan fingerprint density at radius 1 is 1.33 bits per heavy atom. The van der Waals surface area contributed by atoms with E-state index in [-0.39, 0.29) is 12.1 Å². The summed E-state index contributed by atoms with van der Waals surface area (Å²) in [5, 5.41) is 23.1. The molecule has 1 saturated carbocycles. The molecule has 0 radical (unpaired) electrons. The van der Waals surface area contributed by atoms with Crippen LogP contribution in [0.4, 0.5) is 0 Å². The van der Waals surface area contributed by atoms with Crippen molar-refractivity contribution in [3.8, 4) is 0 Å². The number of rotatable bonds is 3. The quantitative estimate of drug-likeness (QED) is 0.621. The van der Waals surface area contributed by atoms with Gasteiger partial charge in [-0.3, -0.25) is 0 Å². The van der Waals surface area contributed by atoms with E-state index in [0.717, 1.165) is 19.3 Å². The lowest BCUT2D eigenvalue weighted by atomic mass is 9.92. The minimum absolute atomic E-state index is 0.156. The van der Waals surface area contributed by atoms with E-state index >= 15 is 0 Å². The van der Waals surface area contributed by atoms with Gasteiger partial charge in [-0.05, 0) is 12.8 Å². The van der Waals surface area contributed by atoms with Crippen molar-refractivity contribution >= 4 is 0 Å². The third kappa shape index (κ3) is 2.91. The molecule has 2 aliphatic rings. The van der Waals surface area contributed by atoms with Crippen molar-refractivity contribution in [1.82, 2.24) is 5.32 Å². The van der Waals surface area contributed by atoms with Gasteiger partial charge in [-0.25, -0.2) is 0 Å². The normalized spacial score (nSPS) is 42.0. The molecule has 1 heterocycles. The molecule has 0 aromatic heterocycles. The first-order chi connectivity index (χ1) is 7.20. The third-order valence-corrected chi connectivity index (χ3v) is 3.51. The van der Waals surface area contributed by atoms with Gasteiger partial charge in [0.25, 0.3) is 0 Å². The molecule has 15 heavy (non-hydrogen) atoms. The van der Waals surface area contributed by atoms with Crippen LogP contribution in [0, 0.1) is 0 Å². The van der Waals surface area contributed by atoms with E-state index in [1.54, 1.807) is 0 Å². The lowest BCUT2D eigenvalue weighted by Crippen LogP contribution is -2.49. The highest BCUT2D eigenvalue weighted by Crippen LogP contribution is 2.21. The van der Waals surface area contributed by atoms with Crippen LogP contribution in [-0.4, -0.2) is 47.7 Å². The summed E-state index contributed by atoms with van der Waals surface area (Å²) in [4.78, 5) is 0. The van der Waals surface area contributed by atoms with E-state index in [1.807, 2.05) is 0 Å². The Bertz CT molecular complexity index is 204. The predicted octanol–water partition coefficient (Wildman–Crippen LogP) is 0.0309. The summed E-state index contributed by atoms with van der Waals surface area (Å²) in [5.74, 6) is 0. The summed E-state index contributed by atoms with van der Waals surface area (Å²) in [6.45, 7) is 1.60. The minimum atomic E-state index is -0.711. The van der Waals surface area contributed by atoms with Crippen molar-refractivity contribution in [2.45, 2.75) is 49.9 Å². The molecule has 0 bridgehead atoms. The summed E-state index contributed by atoms with van der Waals surface area (Å²) >= 11 is 0. The molecule has 0 aromatic rings. The summed E-state index contributed by atoms with van der Waals surface area (Å²) in [5.41, 5.74) is -0.711. The zero-order chi connectivity index (χ0) is 10.7. The van der Waals surface area contributed by atoms with Gasteiger partial charge in [-0.15, -0.1) is 0 Å². The molecule has 1 saturated heterocycles. The van der Waals surface area contributed by atoms with Crippen LogP contribution in [0.25, 0.3) is 0 Å². The van der Waals surface area contributed by atoms with Crippen LogP contribution in [0.15, 0.2) is 0 Å². The fourth-order valence-corrected chi connectivity index (χ4v) is 2.41. The van der Waals surface area contributed by atoms with Crippen LogP contribution in [0.5, 0.6) is 0 Å². The smallest absolute Gasteiger partial charge is 0.103 e. The first kappa shape index (κ1) is 11.3. The Labute approximate surface area is 90.6 Å². The van der Waals surface area contributed by atoms with Gasteiger partial charge in [0.1, 0.15) is 5.60 Å². The fraction of sp³-hybridized carbons (Fsp3) is 1.00. The van der Waals surface area contributed by atoms with Crippen molar-refractivity contribution in [2.75, 3.05) is 19.8 Å². The Hall–Kier alpha value is -0.160. The maximum absolute atomic E-state index is 10.0. The van der Waals surface area contributed by atoms with E-state index < -0.39 is 5.60 Å². The molecular formula is C11H21NO3. The molecule has 3 atom stereocenters. The van der Waals surface area contributed by atoms with E-state index in [9.17, 15) is 10.2 Å². The number of hydrogen-bond donors (Lipinski definition) is 3. The third-order valence-electron chi connectivity index (χ3n) is 3.51. The zero-order valence-corrected chi connectivity index (χ0v) is 9.11. The van der Waals surface area contributed by atoms with Gasteiger partial charge >= 0.3 is 0 Å². The summed E-state index contributed by atoms with van der Waals surface area (Å²) in [6.07, 6.45) is 4.63. The van der Waals surface area contributed by atoms with Crippen molar-refractivity contribution in [3.05, 3.63) is 0 Å². The molecule has 4 heteroatoms. The monoisotopic (exact) mass is 215 g/mol. The van der Waals surface area contributed by atoms with Gasteiger partial charge in [0.15, 0.2) is 0 Å². The minimum Gasteiger partial charge on any atom is -0.392 e. The predicted molar refractivity (Wildman–Crippen MR) is 56.7 cm³/mol. The van der Waals surface area contributed by atoms with Gasteiger partial charge in [-0.1, -0.05) is 12.8 Å². The number of nitrogens with one attached hydrogen (secondary N) is 1. The van der Waals surface area contributed by atoms with Crippen LogP contribution in [0.3, 0.4) is 0 Å². The second-order valence-electron chi connectivity index (χ2n) is 4.87. The fourth-order valence-electron chi connectivity index (χ4n) is 2.41. The molecule has 0 spiro atoms. The van der Waals surface area contributed by atoms with Gasteiger partial charge in [0, 0.05) is 25.6 Å². The number of aliphatic hydroxyl groups excluding tert-OH is 1. The molecule has 3 N–H and O–H groups in total. The topological polar surface area (TPSA) is 61.7 Å². The first-order valence-corrected chi connectivity index (χ1v) is 5.91. The highest BCUT2D eigenvalue weighted by molar-refractivity contribution is 4.88. The van der Waals surface area contributed by atoms with Crippen molar-refractivity contribution in [1.29, 1.82) is 0 Å². The largest absolute Gasteiger partial charge is 0.392 e. The Morgan fingerprint density at radius 2 is 2.13 bits per heavy atom. The van der Waals surface area contributed by atoms with Crippen LogP contribution in [-0.2, 0) is 4.74 Å². The second kappa shape index (κ2) is 4.78. The van der Waals surface area contributed by atoms with E-state index in [2.05, 4.69) is 5.32 Å². The molecule has 2 rings (SSSR count). The molecule has 1 aliphatic heterocycles. The first-order valence-electron chi connectivity index (χ1n) is 5.91. The SMILES string of the molecule is OC1CCCCC1NCC1(O)CCOC1. The lowest BCUT2D eigenvalue weighted by molar-refractivity contribution is 0.0141. The molecule has 0 aromatic carbocycles. The molecule has 4 nitrogen and oxygen atoms in total. The molecule has 1 aliphatic carbocycles. The van der Waals surface area contributed by atoms with Gasteiger partial charge in [0.05, 0.1) is 12.7 Å². The van der Waals surface area contributed by atoms with Crippen molar-refractivity contribution < 1.29 is 14.9 Å². The highest BCUT2D eigenvalue weighted by Gasteiger charge is 2.33. The van der Waals surface area contributed by atoms with Crippen LogP contribution in [0.1, 0.15) is 32.1 Å². The zero-order valence-electron chi connectivity index (χ0n) is 9.11. The van der Waals surface area contributed by atoms with Crippen LogP contribution < -0.4 is 5.32 Å². The van der Waals surface area contributed by atoms with Crippen LogP contribution >= 0.6 is 0 Å². The highest BCUT2D eigenvalue weighted by atomic mass is 16.5. The molecule has 3 unspecified atom stereocenters. The molecule has 2 fully saturated rings. The molecule has 88 valence electrons. The maximum Gasteiger partial charge on any atom is 0.103 e. The summed E-state index contributed by atoms with van der Waals surface area (Å²) in [7, 11) is 0. The Kier molecular flexibility index (Phi) is 3.61. The number of hydrogen-bond acceptors (Lipinski definition) is 4. The van der Waals surface area contributed by atoms with Crippen LogP contribution in [0.2, 0.25) is 0 Å². The Balaban J connectivity index is 1.76. The van der Waals surface area contributed by atoms with E-state index in [1.165, 1.54) is 6.42 Å². The summed E-state index contributed by atoms with van der Waals surface area (Å²) < 4.78 is 5.17.